The van der Waals surface area contributed by atoms with E-state index in [2.05, 4.69) is 0 Å². The van der Waals surface area contributed by atoms with Crippen LogP contribution in [0.25, 0.3) is 5.57 Å². The van der Waals surface area contributed by atoms with Crippen molar-refractivity contribution >= 4 is 28.9 Å². The van der Waals surface area contributed by atoms with Crippen molar-refractivity contribution in [3.05, 3.63) is 100 Å². The number of carboxylic acids is 2. The van der Waals surface area contributed by atoms with E-state index in [0.29, 0.717) is 28.3 Å². The fourth-order valence-electron chi connectivity index (χ4n) is 5.97. The Morgan fingerprint density at radius 2 is 1.44 bits per heavy atom. The first-order chi connectivity index (χ1) is 24.0. The number of phenols is 1. The van der Waals surface area contributed by atoms with E-state index >= 15 is 0 Å². The van der Waals surface area contributed by atoms with E-state index in [-0.39, 0.29) is 171 Å². The van der Waals surface area contributed by atoms with E-state index in [9.17, 15) is 38.8 Å². The van der Waals surface area contributed by atoms with Crippen LogP contribution >= 0.6 is 0 Å². The topological polar surface area (TPSA) is 164 Å². The van der Waals surface area contributed by atoms with Crippen LogP contribution in [0.4, 0.5) is 20.2 Å². The molecule has 0 aromatic heterocycles. The second kappa shape index (κ2) is 18.8. The van der Waals surface area contributed by atoms with Crippen molar-refractivity contribution in [2.45, 2.75) is 13.0 Å². The van der Waals surface area contributed by atoms with Gasteiger partial charge in [0.1, 0.15) is 48.2 Å². The van der Waals surface area contributed by atoms with Gasteiger partial charge in [-0.05, 0) is 60.5 Å². The van der Waals surface area contributed by atoms with Gasteiger partial charge in [-0.1, -0.05) is 12.1 Å². The number of benzene rings is 3. The van der Waals surface area contributed by atoms with Gasteiger partial charge in [0.2, 0.25) is 0 Å². The van der Waals surface area contributed by atoms with Crippen molar-refractivity contribution in [2.75, 3.05) is 62.4 Å². The molecule has 6 rings (SSSR count). The number of anilines is 2. The molecule has 2 aliphatic heterocycles. The summed E-state index contributed by atoms with van der Waals surface area (Å²) in [5.74, 6) is -4.43. The van der Waals surface area contributed by atoms with Crippen LogP contribution in [0.2, 0.25) is 0 Å². The number of phenolic OH excluding ortho intramolecular Hbond substituents is 1. The summed E-state index contributed by atoms with van der Waals surface area (Å²) in [6.45, 7) is 1.23. The van der Waals surface area contributed by atoms with Crippen molar-refractivity contribution in [3.63, 3.8) is 0 Å². The number of allylic oxidation sites excluding steroid dienone is 1. The van der Waals surface area contributed by atoms with Gasteiger partial charge in [-0.15, -0.1) is 0 Å². The fourth-order valence-corrected chi connectivity index (χ4v) is 5.97. The molecule has 0 saturated heterocycles. The molecule has 1 atom stereocenters. The van der Waals surface area contributed by atoms with E-state index in [1.807, 2.05) is 13.0 Å². The number of carboxylic acid groups (broad SMARTS) is 2. The second-order valence-corrected chi connectivity index (χ2v) is 11.7. The number of nitrogens with zero attached hydrogens (tertiary/aromatic N) is 2. The van der Waals surface area contributed by atoms with E-state index in [4.69, 9.17) is 18.9 Å². The van der Waals surface area contributed by atoms with Crippen molar-refractivity contribution in [1.82, 2.24) is 0 Å². The smallest absolute Gasteiger partial charge is 0.548 e. The van der Waals surface area contributed by atoms with Crippen molar-refractivity contribution in [1.29, 1.82) is 0 Å². The van der Waals surface area contributed by atoms with E-state index in [0.717, 1.165) is 29.8 Å². The third-order valence-corrected chi connectivity index (χ3v) is 8.24. The Morgan fingerprint density at radius 1 is 0.846 bits per heavy atom. The summed E-state index contributed by atoms with van der Waals surface area (Å²) >= 11 is 0. The number of carbonyl (C=O) groups is 2. The van der Waals surface area contributed by atoms with Gasteiger partial charge in [-0.3, -0.25) is 0 Å². The Kier molecular flexibility index (Phi) is 15.3. The first kappa shape index (κ1) is 42.4. The molecular weight excluding hydrogens is 737 g/mol. The Balaban J connectivity index is 0.00000302. The van der Waals surface area contributed by atoms with Crippen LogP contribution in [-0.4, -0.2) is 80.9 Å². The van der Waals surface area contributed by atoms with Crippen molar-refractivity contribution in [3.8, 4) is 23.0 Å². The number of aryl methyl sites for hydroxylation is 1. The van der Waals surface area contributed by atoms with Crippen molar-refractivity contribution in [2.24, 2.45) is 0 Å². The molecule has 262 valence electrons. The summed E-state index contributed by atoms with van der Waals surface area (Å²) in [7, 11) is 0. The minimum atomic E-state index is -1.58. The number of carbonyl (C=O) groups excluding carboxylic acids is 2. The van der Waals surface area contributed by atoms with Crippen LogP contribution in [0.15, 0.2) is 77.8 Å². The molecule has 3 aromatic carbocycles. The quantitative estimate of drug-likeness (QED) is 0.241. The predicted octanol–water partition coefficient (Wildman–Crippen LogP) is -4.25. The number of ether oxygens (including phenoxy) is 4. The second-order valence-electron chi connectivity index (χ2n) is 11.7. The number of hydrogen-bond donors (Lipinski definition) is 2. The van der Waals surface area contributed by atoms with Gasteiger partial charge in [-0.25, -0.2) is 8.78 Å². The van der Waals surface area contributed by atoms with Crippen LogP contribution in [0.1, 0.15) is 16.7 Å². The molecule has 2 N–H and O–H groups in total. The third-order valence-electron chi connectivity index (χ3n) is 8.24. The molecule has 3 aliphatic rings. The van der Waals surface area contributed by atoms with Crippen LogP contribution in [-0.2, 0) is 14.3 Å². The molecule has 0 amide bonds. The maximum atomic E-state index is 14.8. The number of aliphatic carboxylic acids is 2. The number of fused-ring (bicyclic) bond motifs is 4. The van der Waals surface area contributed by atoms with E-state index < -0.39 is 48.5 Å². The van der Waals surface area contributed by atoms with Crippen molar-refractivity contribution < 1.29 is 161 Å². The maximum absolute atomic E-state index is 14.8. The number of rotatable bonds is 5. The standard InChI is InChI=1S/C36H34F2N2O10.2K/c1-20-2-4-26-32(12-20)48-10-11-49-33-13-21(3-5-27(33)40(19-35(45)46)7-9-47-8-6-39(26)18-34(43)44)36-22-14-24(37)28(41)16-30(22)50-31-17-29(42)25(38)15-23(31)36;;/h2-5,12-17,28,41-42H,6-11,18-19H2,1H3,(H,43,44)(H,45,46);;/q;2*+1/p-2. The number of aliphatic hydroxyl groups excluding tert-OH is 1. The van der Waals surface area contributed by atoms with Crippen LogP contribution in [0, 0.1) is 12.7 Å². The summed E-state index contributed by atoms with van der Waals surface area (Å²) in [4.78, 5) is 26.5. The predicted molar refractivity (Wildman–Crippen MR) is 172 cm³/mol. The maximum Gasteiger partial charge on any atom is 1.00 e. The van der Waals surface area contributed by atoms with Gasteiger partial charge in [-0.2, -0.15) is 0 Å². The van der Waals surface area contributed by atoms with Gasteiger partial charge < -0.3 is 58.8 Å². The van der Waals surface area contributed by atoms with E-state index in [1.165, 1.54) is 4.90 Å². The summed E-state index contributed by atoms with van der Waals surface area (Å²) in [6.07, 6.45) is 0.652. The van der Waals surface area contributed by atoms with Gasteiger partial charge in [0.15, 0.2) is 11.6 Å². The van der Waals surface area contributed by atoms with Gasteiger partial charge >= 0.3 is 103 Å². The molecule has 0 saturated carbocycles. The molecular formula is C36H32F2K2N2O10. The van der Waals surface area contributed by atoms with E-state index in [1.54, 1.807) is 35.2 Å². The first-order valence-corrected chi connectivity index (χ1v) is 15.7. The molecule has 3 aromatic rings. The Morgan fingerprint density at radius 3 is 2.06 bits per heavy atom. The largest absolute Gasteiger partial charge is 1.00 e. The zero-order valence-electron chi connectivity index (χ0n) is 28.8. The number of aromatic hydroxyl groups is 1. The molecule has 0 fully saturated rings. The molecule has 1 unspecified atom stereocenters. The first-order valence-electron chi connectivity index (χ1n) is 15.7. The van der Waals surface area contributed by atoms with Gasteiger partial charge in [0.05, 0.1) is 49.6 Å². The average molecular weight is 769 g/mol. The number of halogens is 2. The Labute approximate surface area is 383 Å². The van der Waals surface area contributed by atoms with Crippen LogP contribution in [0.5, 0.6) is 23.0 Å². The monoisotopic (exact) mass is 768 g/mol. The molecule has 0 spiro atoms. The van der Waals surface area contributed by atoms with Crippen LogP contribution in [0.3, 0.4) is 0 Å². The zero-order chi connectivity index (χ0) is 35.5. The molecule has 2 heterocycles. The van der Waals surface area contributed by atoms with Gasteiger partial charge in [0, 0.05) is 35.9 Å². The normalized spacial score (nSPS) is 17.3. The third kappa shape index (κ3) is 9.85. The minimum Gasteiger partial charge on any atom is -0.548 e. The fraction of sp³-hybridized carbons (Fsp3) is 0.278. The molecule has 0 bridgehead atoms. The summed E-state index contributed by atoms with van der Waals surface area (Å²) in [5, 5.41) is 43.7. The average Bonchev–Trinajstić information content (AvgIpc) is 3.06. The minimum absolute atomic E-state index is 0. The van der Waals surface area contributed by atoms with Crippen LogP contribution < -0.4 is 137 Å². The summed E-state index contributed by atoms with van der Waals surface area (Å²) < 4.78 is 53.4. The molecule has 52 heavy (non-hydrogen) atoms. The molecule has 1 aliphatic carbocycles. The molecule has 16 heteroatoms. The molecule has 12 nitrogen and oxygen atoms in total. The number of hydrogen-bond acceptors (Lipinski definition) is 12. The summed E-state index contributed by atoms with van der Waals surface area (Å²) in [6, 6.07) is 12.2. The zero-order valence-corrected chi connectivity index (χ0v) is 35.1. The number of aliphatic hydroxyl groups is 1. The Bertz CT molecular complexity index is 1940. The van der Waals surface area contributed by atoms with Gasteiger partial charge in [0.25, 0.3) is 0 Å². The summed E-state index contributed by atoms with van der Waals surface area (Å²) in [5.41, 5.74) is 2.78. The Hall–Kier alpha value is -2.33. The molecule has 0 radical (unpaired) electrons. The SMILES string of the molecule is Cc1ccc2c(c1)OCCOc1cc(C3=C4C=C(F)C(O)C=C4Oc4cc(O)c(F)cc43)ccc1N(CC(=O)[O-])CCOCCN2CC(=O)[O-].[K+].[K+].